The molecule has 0 unspecified atom stereocenters. The monoisotopic (exact) mass is 667 g/mol. The van der Waals surface area contributed by atoms with Gasteiger partial charge in [-0.25, -0.2) is 18.6 Å². The highest BCUT2D eigenvalue weighted by atomic mass is 35.5. The third-order valence-corrected chi connectivity index (χ3v) is 9.14. The van der Waals surface area contributed by atoms with Crippen molar-refractivity contribution in [3.05, 3.63) is 94.0 Å². The van der Waals surface area contributed by atoms with Gasteiger partial charge in [-0.3, -0.25) is 19.2 Å². The fraction of sp³-hybridized carbons (Fsp3) is 0.382. The molecule has 2 aromatic rings. The first-order valence-electron chi connectivity index (χ1n) is 15.1. The summed E-state index contributed by atoms with van der Waals surface area (Å²) < 4.78 is 27.4. The van der Waals surface area contributed by atoms with Gasteiger partial charge >= 0.3 is 5.97 Å². The smallest absolute Gasteiger partial charge is 0.303 e. The fourth-order valence-electron chi connectivity index (χ4n) is 6.19. The molecular weight excluding hydrogens is 630 g/mol. The van der Waals surface area contributed by atoms with Crippen molar-refractivity contribution in [3.63, 3.8) is 0 Å². The SMILES string of the molecule is C#C/C=C(Cl)\C=C/C[C@H]1[C@H](C(=O)NOCc2ccc(CCC(=O)O)cc2)c2ccccc2C(=O)N1[C@H]1CCCC[C@@H]1NS(C)(=O)=O. The van der Waals surface area contributed by atoms with E-state index in [2.05, 4.69) is 16.1 Å². The average molecular weight is 668 g/mol. The maximum Gasteiger partial charge on any atom is 0.303 e. The van der Waals surface area contributed by atoms with Crippen LogP contribution in [-0.4, -0.2) is 60.6 Å². The zero-order chi connectivity index (χ0) is 33.3. The highest BCUT2D eigenvalue weighted by Crippen LogP contribution is 2.39. The minimum absolute atomic E-state index is 0.0307. The molecule has 1 aliphatic heterocycles. The highest BCUT2D eigenvalue weighted by Gasteiger charge is 2.47. The molecule has 0 saturated heterocycles. The molecular formula is C34H38ClN3O7S. The van der Waals surface area contributed by atoms with Gasteiger partial charge in [0.2, 0.25) is 10.0 Å². The molecule has 10 nitrogen and oxygen atoms in total. The van der Waals surface area contributed by atoms with E-state index in [0.717, 1.165) is 30.2 Å². The van der Waals surface area contributed by atoms with Crippen molar-refractivity contribution in [2.75, 3.05) is 6.26 Å². The number of carbonyl (C=O) groups is 3. The number of hydrogen-bond donors (Lipinski definition) is 3. The number of nitrogens with one attached hydrogen (secondary N) is 2. The number of rotatable bonds is 13. The zero-order valence-electron chi connectivity index (χ0n) is 25.5. The first-order chi connectivity index (χ1) is 22.0. The molecule has 4 atom stereocenters. The van der Waals surface area contributed by atoms with Crippen LogP contribution in [-0.2, 0) is 37.5 Å². The fourth-order valence-corrected chi connectivity index (χ4v) is 7.17. The Hall–Kier alpha value is -3.95. The van der Waals surface area contributed by atoms with E-state index >= 15 is 0 Å². The van der Waals surface area contributed by atoms with Crippen LogP contribution in [0.3, 0.4) is 0 Å². The molecule has 2 amide bonds. The number of aliphatic carboxylic acids is 1. The van der Waals surface area contributed by atoms with Gasteiger partial charge in [0.25, 0.3) is 11.8 Å². The maximum atomic E-state index is 14.2. The van der Waals surface area contributed by atoms with Crippen LogP contribution < -0.4 is 10.2 Å². The number of sulfonamides is 1. The van der Waals surface area contributed by atoms with E-state index in [4.69, 9.17) is 28.0 Å². The summed E-state index contributed by atoms with van der Waals surface area (Å²) in [6, 6.07) is 12.5. The van der Waals surface area contributed by atoms with Crippen LogP contribution in [0, 0.1) is 12.3 Å². The van der Waals surface area contributed by atoms with Crippen LogP contribution in [0.5, 0.6) is 0 Å². The van der Waals surface area contributed by atoms with Gasteiger partial charge in [-0.05, 0) is 54.5 Å². The highest BCUT2D eigenvalue weighted by molar-refractivity contribution is 7.88. The minimum atomic E-state index is -3.57. The number of allylic oxidation sites excluding steroid dienone is 3. The molecule has 244 valence electrons. The lowest BCUT2D eigenvalue weighted by Gasteiger charge is -2.48. The summed E-state index contributed by atoms with van der Waals surface area (Å²) in [6.45, 7) is 0.0575. The number of carbonyl (C=O) groups excluding carboxylic acids is 2. The molecule has 0 bridgehead atoms. The maximum absolute atomic E-state index is 14.2. The molecule has 12 heteroatoms. The standard InChI is InChI=1S/C34H38ClN3O7S/c1-3-9-25(35)10-8-15-30-32(33(41)36-45-22-24-18-16-23(17-19-24)20-21-31(39)40)26-11-4-5-12-27(26)34(42)38(30)29-14-7-6-13-28(29)37-46(2,43)44/h1,4-5,8-12,16-19,28-30,32,37H,6-7,13-15,20-22H2,2H3,(H,36,41)(H,39,40)/b10-8-,25-9+/t28-,29-,30-,32+/m0/s1. The predicted octanol–water partition coefficient (Wildman–Crippen LogP) is 4.42. The summed E-state index contributed by atoms with van der Waals surface area (Å²) in [5, 5.41) is 9.22. The second-order valence-electron chi connectivity index (χ2n) is 11.5. The molecule has 1 aliphatic carbocycles. The normalized spacial score (nSPS) is 21.9. The topological polar surface area (TPSA) is 142 Å². The Balaban J connectivity index is 1.63. The Kier molecular flexibility index (Phi) is 12.2. The second kappa shape index (κ2) is 16.1. The number of nitrogens with zero attached hydrogens (tertiary/aromatic N) is 1. The third kappa shape index (κ3) is 9.30. The molecule has 1 saturated carbocycles. The number of benzene rings is 2. The lowest BCUT2D eigenvalue weighted by molar-refractivity contribution is -0.138. The van der Waals surface area contributed by atoms with Crippen LogP contribution in [0.2, 0.25) is 0 Å². The van der Waals surface area contributed by atoms with Gasteiger partial charge in [-0.2, -0.15) is 0 Å². The number of terminal acetylenes is 1. The first-order valence-corrected chi connectivity index (χ1v) is 17.3. The van der Waals surface area contributed by atoms with Gasteiger partial charge in [-0.1, -0.05) is 78.9 Å². The second-order valence-corrected chi connectivity index (χ2v) is 13.7. The van der Waals surface area contributed by atoms with E-state index in [1.165, 1.54) is 6.08 Å². The van der Waals surface area contributed by atoms with Crippen molar-refractivity contribution < 1.29 is 32.7 Å². The third-order valence-electron chi connectivity index (χ3n) is 8.18. The Morgan fingerprint density at radius 1 is 1.13 bits per heavy atom. The molecule has 2 aromatic carbocycles. The summed E-state index contributed by atoms with van der Waals surface area (Å²) in [6.07, 6.45) is 14.6. The van der Waals surface area contributed by atoms with Gasteiger partial charge in [0, 0.05) is 35.2 Å². The van der Waals surface area contributed by atoms with Crippen LogP contribution in [0.25, 0.3) is 0 Å². The Morgan fingerprint density at radius 2 is 1.83 bits per heavy atom. The van der Waals surface area contributed by atoms with Crippen LogP contribution >= 0.6 is 11.6 Å². The van der Waals surface area contributed by atoms with E-state index in [1.807, 2.05) is 12.1 Å². The van der Waals surface area contributed by atoms with Gasteiger partial charge < -0.3 is 10.0 Å². The summed E-state index contributed by atoms with van der Waals surface area (Å²) in [7, 11) is -3.57. The van der Waals surface area contributed by atoms with Crippen molar-refractivity contribution >= 4 is 39.4 Å². The molecule has 46 heavy (non-hydrogen) atoms. The molecule has 3 N–H and O–H groups in total. The first kappa shape index (κ1) is 34.9. The molecule has 0 radical (unpaired) electrons. The predicted molar refractivity (Wildman–Crippen MR) is 175 cm³/mol. The number of hydrogen-bond acceptors (Lipinski definition) is 6. The number of amides is 2. The lowest BCUT2D eigenvalue weighted by atomic mass is 9.78. The van der Waals surface area contributed by atoms with E-state index < -0.39 is 45.9 Å². The van der Waals surface area contributed by atoms with Gasteiger partial charge in [-0.15, -0.1) is 6.42 Å². The number of hydroxylamine groups is 1. The average Bonchev–Trinajstić information content (AvgIpc) is 3.01. The van der Waals surface area contributed by atoms with E-state index in [9.17, 15) is 22.8 Å². The lowest BCUT2D eigenvalue weighted by Crippen LogP contribution is -2.62. The largest absolute Gasteiger partial charge is 0.481 e. The number of aryl methyl sites for hydroxylation is 1. The van der Waals surface area contributed by atoms with Gasteiger partial charge in [0.05, 0.1) is 24.8 Å². The summed E-state index contributed by atoms with van der Waals surface area (Å²) in [5.74, 6) is -0.102. The summed E-state index contributed by atoms with van der Waals surface area (Å²) >= 11 is 6.21. The van der Waals surface area contributed by atoms with Crippen LogP contribution in [0.4, 0.5) is 0 Å². The van der Waals surface area contributed by atoms with Gasteiger partial charge in [0.1, 0.15) is 0 Å². The molecule has 0 spiro atoms. The van der Waals surface area contributed by atoms with E-state index in [0.29, 0.717) is 35.4 Å². The van der Waals surface area contributed by atoms with E-state index in [-0.39, 0.29) is 25.4 Å². The molecule has 0 aromatic heterocycles. The van der Waals surface area contributed by atoms with Gasteiger partial charge in [0.15, 0.2) is 0 Å². The van der Waals surface area contributed by atoms with Crippen molar-refractivity contribution in [1.29, 1.82) is 0 Å². The quantitative estimate of drug-likeness (QED) is 0.163. The number of halogens is 1. The Bertz CT molecular complexity index is 1630. The molecule has 1 fully saturated rings. The minimum Gasteiger partial charge on any atom is -0.481 e. The van der Waals surface area contributed by atoms with Crippen molar-refractivity contribution in [2.45, 2.75) is 75.6 Å². The van der Waals surface area contributed by atoms with Crippen molar-refractivity contribution in [3.8, 4) is 12.3 Å². The Morgan fingerprint density at radius 3 is 2.52 bits per heavy atom. The number of carboxylic acid groups (broad SMARTS) is 1. The number of carboxylic acids is 1. The zero-order valence-corrected chi connectivity index (χ0v) is 27.1. The van der Waals surface area contributed by atoms with E-state index in [1.54, 1.807) is 53.5 Å². The van der Waals surface area contributed by atoms with Crippen LogP contribution in [0.1, 0.15) is 71.5 Å². The van der Waals surface area contributed by atoms with Crippen LogP contribution in [0.15, 0.2) is 71.8 Å². The van der Waals surface area contributed by atoms with Crippen molar-refractivity contribution in [1.82, 2.24) is 15.1 Å². The molecule has 4 rings (SSSR count). The summed E-state index contributed by atoms with van der Waals surface area (Å²) in [4.78, 5) is 46.3. The summed E-state index contributed by atoms with van der Waals surface area (Å²) in [5.41, 5.74) is 5.13. The molecule has 1 heterocycles. The molecule has 2 aliphatic rings. The number of fused-ring (bicyclic) bond motifs is 1. The van der Waals surface area contributed by atoms with Crippen molar-refractivity contribution in [2.24, 2.45) is 0 Å². The Labute approximate surface area is 274 Å².